The van der Waals surface area contributed by atoms with Gasteiger partial charge in [0.15, 0.2) is 0 Å². The first-order valence-corrected chi connectivity index (χ1v) is 9.43. The van der Waals surface area contributed by atoms with Crippen molar-refractivity contribution in [2.75, 3.05) is 25.8 Å². The van der Waals surface area contributed by atoms with E-state index in [1.165, 1.54) is 36.9 Å². The van der Waals surface area contributed by atoms with Crippen LogP contribution in [0.15, 0.2) is 28.4 Å². The molecule has 0 aromatic carbocycles. The maximum Gasteiger partial charge on any atom is 0.353 e. The molecule has 2 atom stereocenters. The van der Waals surface area contributed by atoms with Crippen LogP contribution in [-0.4, -0.2) is 35.3 Å². The maximum atomic E-state index is 12.3. The molecular weight excluding hydrogens is 357 g/mol. The second kappa shape index (κ2) is 7.37. The minimum Gasteiger partial charge on any atom is -0.383 e. The molecule has 0 bridgehead atoms. The molecule has 0 saturated carbocycles. The number of alkyl halides is 1. The standard InChI is InChI=1S/C14H21ClN3O5P/c1-10(8-24(20,21-2)22-3)14(9-15)6-4-12(23-14)18-7-5-11(16)17-13(18)19/h5,7-8,12H,4,6,9H2,1-3H3,(H2,16,17,19)/b10-8+/t12-,14-/m1/s1. The van der Waals surface area contributed by atoms with Crippen LogP contribution in [0.1, 0.15) is 26.0 Å². The summed E-state index contributed by atoms with van der Waals surface area (Å²) in [4.78, 5) is 15.7. The molecule has 2 heterocycles. The van der Waals surface area contributed by atoms with Crippen molar-refractivity contribution in [3.05, 3.63) is 34.1 Å². The first-order chi connectivity index (χ1) is 11.3. The minimum atomic E-state index is -3.35. The van der Waals surface area contributed by atoms with Gasteiger partial charge in [0.1, 0.15) is 17.6 Å². The van der Waals surface area contributed by atoms with Crippen molar-refractivity contribution < 1.29 is 18.3 Å². The molecule has 1 aromatic heterocycles. The van der Waals surface area contributed by atoms with Gasteiger partial charge < -0.3 is 19.5 Å². The van der Waals surface area contributed by atoms with Gasteiger partial charge >= 0.3 is 13.3 Å². The number of hydrogen-bond acceptors (Lipinski definition) is 7. The van der Waals surface area contributed by atoms with E-state index in [2.05, 4.69) is 4.98 Å². The highest BCUT2D eigenvalue weighted by molar-refractivity contribution is 7.57. The fourth-order valence-electron chi connectivity index (χ4n) is 2.60. The molecule has 0 radical (unpaired) electrons. The summed E-state index contributed by atoms with van der Waals surface area (Å²) < 4.78 is 29.6. The topological polar surface area (TPSA) is 106 Å². The fraction of sp³-hybridized carbons (Fsp3) is 0.571. The van der Waals surface area contributed by atoms with Crippen LogP contribution in [0, 0.1) is 0 Å². The number of hydrogen-bond donors (Lipinski definition) is 1. The highest BCUT2D eigenvalue weighted by Gasteiger charge is 2.43. The third-order valence-corrected chi connectivity index (χ3v) is 6.27. The van der Waals surface area contributed by atoms with Crippen molar-refractivity contribution in [2.45, 2.75) is 31.6 Å². The van der Waals surface area contributed by atoms with E-state index in [0.717, 1.165) is 0 Å². The summed E-state index contributed by atoms with van der Waals surface area (Å²) in [5.74, 6) is 1.69. The van der Waals surface area contributed by atoms with Gasteiger partial charge in [-0.15, -0.1) is 11.6 Å². The molecule has 10 heteroatoms. The predicted octanol–water partition coefficient (Wildman–Crippen LogP) is 2.50. The Morgan fingerprint density at radius 2 is 2.29 bits per heavy atom. The Morgan fingerprint density at radius 1 is 1.62 bits per heavy atom. The van der Waals surface area contributed by atoms with Crippen LogP contribution in [0.3, 0.4) is 0 Å². The highest BCUT2D eigenvalue weighted by Crippen LogP contribution is 2.52. The number of aromatic nitrogens is 2. The average Bonchev–Trinajstić information content (AvgIpc) is 3.00. The van der Waals surface area contributed by atoms with Gasteiger partial charge in [-0.3, -0.25) is 9.13 Å². The van der Waals surface area contributed by atoms with Crippen LogP contribution in [-0.2, 0) is 18.3 Å². The summed E-state index contributed by atoms with van der Waals surface area (Å²) in [6.07, 6.45) is 2.10. The number of halogens is 1. The number of rotatable bonds is 6. The van der Waals surface area contributed by atoms with Crippen molar-refractivity contribution in [3.63, 3.8) is 0 Å². The number of nitrogen functional groups attached to an aromatic ring is 1. The van der Waals surface area contributed by atoms with Crippen LogP contribution >= 0.6 is 19.2 Å². The molecule has 1 aliphatic heterocycles. The summed E-state index contributed by atoms with van der Waals surface area (Å²) in [6.45, 7) is 1.75. The SMILES string of the molecule is COP(=O)(/C=C(\C)[C@]1(CCl)CC[C@H](n2ccc(N)nc2=O)O1)OC. The van der Waals surface area contributed by atoms with Gasteiger partial charge in [0.05, 0.1) is 5.88 Å². The van der Waals surface area contributed by atoms with Gasteiger partial charge in [0.25, 0.3) is 0 Å². The molecule has 1 aliphatic rings. The summed E-state index contributed by atoms with van der Waals surface area (Å²) in [7, 11) is -0.742. The van der Waals surface area contributed by atoms with Gasteiger partial charge in [-0.25, -0.2) is 4.79 Å². The lowest BCUT2D eigenvalue weighted by molar-refractivity contribution is -0.0392. The second-order valence-corrected chi connectivity index (χ2v) is 7.83. The van der Waals surface area contributed by atoms with Gasteiger partial charge in [0, 0.05) is 26.2 Å². The molecule has 8 nitrogen and oxygen atoms in total. The summed E-state index contributed by atoms with van der Waals surface area (Å²) >= 11 is 6.13. The molecular formula is C14H21ClN3O5P. The predicted molar refractivity (Wildman–Crippen MR) is 91.1 cm³/mol. The maximum absolute atomic E-state index is 12.3. The van der Waals surface area contributed by atoms with E-state index in [0.29, 0.717) is 18.4 Å². The van der Waals surface area contributed by atoms with Crippen LogP contribution < -0.4 is 11.4 Å². The van der Waals surface area contributed by atoms with Crippen LogP contribution in [0.25, 0.3) is 0 Å². The summed E-state index contributed by atoms with van der Waals surface area (Å²) in [5.41, 5.74) is 4.77. The van der Waals surface area contributed by atoms with Gasteiger partial charge in [-0.1, -0.05) is 0 Å². The fourth-order valence-corrected chi connectivity index (χ4v) is 4.08. The molecule has 0 spiro atoms. The normalized spacial score (nSPS) is 25.2. The van der Waals surface area contributed by atoms with Gasteiger partial charge in [-0.2, -0.15) is 4.98 Å². The Morgan fingerprint density at radius 3 is 2.83 bits per heavy atom. The molecule has 2 rings (SSSR count). The van der Waals surface area contributed by atoms with Crippen LogP contribution in [0.5, 0.6) is 0 Å². The van der Waals surface area contributed by atoms with Crippen LogP contribution in [0.4, 0.5) is 5.82 Å². The molecule has 0 amide bonds. The van der Waals surface area contributed by atoms with Crippen molar-refractivity contribution in [3.8, 4) is 0 Å². The van der Waals surface area contributed by atoms with E-state index in [1.807, 2.05) is 0 Å². The quantitative estimate of drug-likeness (QED) is 0.599. The van der Waals surface area contributed by atoms with E-state index in [-0.39, 0.29) is 11.7 Å². The van der Waals surface area contributed by atoms with E-state index in [1.54, 1.807) is 6.92 Å². The first-order valence-electron chi connectivity index (χ1n) is 7.29. The number of nitrogens with two attached hydrogens (primary N) is 1. The third kappa shape index (κ3) is 3.73. The van der Waals surface area contributed by atoms with Crippen molar-refractivity contribution in [1.82, 2.24) is 9.55 Å². The molecule has 0 unspecified atom stereocenters. The molecule has 1 fully saturated rings. The second-order valence-electron chi connectivity index (χ2n) is 5.50. The Kier molecular flexibility index (Phi) is 5.88. The molecule has 134 valence electrons. The first kappa shape index (κ1) is 19.1. The molecule has 1 saturated heterocycles. The highest BCUT2D eigenvalue weighted by atomic mass is 35.5. The lowest BCUT2D eigenvalue weighted by Crippen LogP contribution is -2.34. The molecule has 1 aromatic rings. The zero-order chi connectivity index (χ0) is 18.0. The number of anilines is 1. The Balaban J connectivity index is 2.31. The molecule has 24 heavy (non-hydrogen) atoms. The monoisotopic (exact) mass is 377 g/mol. The van der Waals surface area contributed by atoms with Crippen LogP contribution in [0.2, 0.25) is 0 Å². The van der Waals surface area contributed by atoms with Crippen molar-refractivity contribution >= 4 is 25.0 Å². The number of ether oxygens (including phenoxy) is 1. The lowest BCUT2D eigenvalue weighted by atomic mass is 9.95. The molecule has 2 N–H and O–H groups in total. The smallest absolute Gasteiger partial charge is 0.353 e. The largest absolute Gasteiger partial charge is 0.383 e. The minimum absolute atomic E-state index is 0.135. The molecule has 0 aliphatic carbocycles. The van der Waals surface area contributed by atoms with E-state index in [9.17, 15) is 9.36 Å². The third-order valence-electron chi connectivity index (χ3n) is 4.11. The summed E-state index contributed by atoms with van der Waals surface area (Å²) in [5, 5.41) is 0. The Bertz CT molecular complexity index is 729. The Labute approximate surface area is 145 Å². The number of nitrogens with zero attached hydrogens (tertiary/aromatic N) is 2. The Hall–Kier alpha value is -1.18. The lowest BCUT2D eigenvalue weighted by Gasteiger charge is -2.29. The zero-order valence-electron chi connectivity index (χ0n) is 13.8. The zero-order valence-corrected chi connectivity index (χ0v) is 15.4. The van der Waals surface area contributed by atoms with Gasteiger partial charge in [0.2, 0.25) is 0 Å². The summed E-state index contributed by atoms with van der Waals surface area (Å²) in [6, 6.07) is 1.53. The van der Waals surface area contributed by atoms with Crippen molar-refractivity contribution in [1.29, 1.82) is 0 Å². The van der Waals surface area contributed by atoms with E-state index < -0.39 is 25.1 Å². The van der Waals surface area contributed by atoms with Crippen molar-refractivity contribution in [2.24, 2.45) is 0 Å². The van der Waals surface area contributed by atoms with E-state index >= 15 is 0 Å². The van der Waals surface area contributed by atoms with Gasteiger partial charge in [-0.05, 0) is 31.4 Å². The average molecular weight is 378 g/mol. The van der Waals surface area contributed by atoms with E-state index in [4.69, 9.17) is 31.1 Å².